The normalized spacial score (nSPS) is 12.5. The molecule has 2 aromatic rings. The Morgan fingerprint density at radius 2 is 2.00 bits per heavy atom. The van der Waals surface area contributed by atoms with Crippen molar-refractivity contribution in [1.29, 1.82) is 0 Å². The third-order valence-electron chi connectivity index (χ3n) is 4.37. The van der Waals surface area contributed by atoms with E-state index in [0.29, 0.717) is 18.2 Å². The summed E-state index contributed by atoms with van der Waals surface area (Å²) >= 11 is 0. The van der Waals surface area contributed by atoms with Gasteiger partial charge in [-0.3, -0.25) is 14.5 Å². The molecule has 0 aliphatic carbocycles. The first-order chi connectivity index (χ1) is 11.3. The molecule has 5 heteroatoms. The standard InChI is InChI=1S/C19H28N4O/c1-7-23-18(12-17(21-23)13(2)3)19(24)22(6)15(5)11-16-10-14(4)8-9-20-16/h8-10,12-13,15H,7,11H2,1-6H3. The summed E-state index contributed by atoms with van der Waals surface area (Å²) in [5, 5.41) is 4.54. The van der Waals surface area contributed by atoms with Crippen LogP contribution in [0.1, 0.15) is 61.1 Å². The molecular weight excluding hydrogens is 300 g/mol. The predicted octanol–water partition coefficient (Wildman–Crippen LogP) is 3.43. The van der Waals surface area contributed by atoms with E-state index in [1.54, 1.807) is 9.58 Å². The molecule has 130 valence electrons. The van der Waals surface area contributed by atoms with Gasteiger partial charge in [-0.05, 0) is 50.5 Å². The molecule has 0 aliphatic heterocycles. The molecule has 0 bridgehead atoms. The number of nitrogens with zero attached hydrogens (tertiary/aromatic N) is 4. The van der Waals surface area contributed by atoms with E-state index >= 15 is 0 Å². The maximum absolute atomic E-state index is 12.9. The fraction of sp³-hybridized carbons (Fsp3) is 0.526. The van der Waals surface area contributed by atoms with Gasteiger partial charge in [-0.25, -0.2) is 0 Å². The van der Waals surface area contributed by atoms with Gasteiger partial charge in [0.15, 0.2) is 0 Å². The minimum absolute atomic E-state index is 0.0106. The van der Waals surface area contributed by atoms with Gasteiger partial charge in [0.1, 0.15) is 5.69 Å². The predicted molar refractivity (Wildman–Crippen MR) is 96.2 cm³/mol. The fourth-order valence-electron chi connectivity index (χ4n) is 2.66. The van der Waals surface area contributed by atoms with Gasteiger partial charge in [-0.1, -0.05) is 13.8 Å². The summed E-state index contributed by atoms with van der Waals surface area (Å²) in [5.41, 5.74) is 3.81. The van der Waals surface area contributed by atoms with E-state index in [9.17, 15) is 4.79 Å². The topological polar surface area (TPSA) is 51.0 Å². The Hall–Kier alpha value is -2.17. The van der Waals surface area contributed by atoms with Crippen molar-refractivity contribution < 1.29 is 4.79 Å². The molecule has 2 rings (SSSR count). The second kappa shape index (κ2) is 7.60. The number of aryl methyl sites for hydroxylation is 2. The summed E-state index contributed by atoms with van der Waals surface area (Å²) in [4.78, 5) is 19.1. The van der Waals surface area contributed by atoms with Crippen LogP contribution >= 0.6 is 0 Å². The Labute approximate surface area is 144 Å². The highest BCUT2D eigenvalue weighted by Crippen LogP contribution is 2.17. The fourth-order valence-corrected chi connectivity index (χ4v) is 2.66. The van der Waals surface area contributed by atoms with Crippen molar-refractivity contribution in [3.8, 4) is 0 Å². The Bertz CT molecular complexity index is 705. The third kappa shape index (κ3) is 4.02. The number of carbonyl (C=O) groups is 1. The van der Waals surface area contributed by atoms with Gasteiger partial charge in [0.2, 0.25) is 0 Å². The quantitative estimate of drug-likeness (QED) is 0.816. The van der Waals surface area contributed by atoms with E-state index in [0.717, 1.165) is 17.8 Å². The molecule has 5 nitrogen and oxygen atoms in total. The zero-order chi connectivity index (χ0) is 17.9. The van der Waals surface area contributed by atoms with Gasteiger partial charge in [0.25, 0.3) is 5.91 Å². The summed E-state index contributed by atoms with van der Waals surface area (Å²) in [6.45, 7) is 11.0. The zero-order valence-corrected chi connectivity index (χ0v) is 15.6. The lowest BCUT2D eigenvalue weighted by molar-refractivity contribution is 0.0730. The van der Waals surface area contributed by atoms with Gasteiger partial charge < -0.3 is 4.90 Å². The molecule has 0 saturated heterocycles. The summed E-state index contributed by atoms with van der Waals surface area (Å²) in [6.07, 6.45) is 2.56. The number of aromatic nitrogens is 3. The minimum Gasteiger partial charge on any atom is -0.337 e. The van der Waals surface area contributed by atoms with Crippen molar-refractivity contribution in [3.05, 3.63) is 47.0 Å². The molecule has 0 N–H and O–H groups in total. The molecule has 0 aliphatic rings. The molecule has 1 unspecified atom stereocenters. The van der Waals surface area contributed by atoms with Gasteiger partial charge in [-0.15, -0.1) is 0 Å². The summed E-state index contributed by atoms with van der Waals surface area (Å²) in [5.74, 6) is 0.319. The largest absolute Gasteiger partial charge is 0.337 e. The highest BCUT2D eigenvalue weighted by atomic mass is 16.2. The second-order valence-electron chi connectivity index (χ2n) is 6.72. The van der Waals surface area contributed by atoms with Crippen molar-refractivity contribution >= 4 is 5.91 Å². The highest BCUT2D eigenvalue weighted by molar-refractivity contribution is 5.92. The number of hydrogen-bond acceptors (Lipinski definition) is 3. The van der Waals surface area contributed by atoms with Crippen molar-refractivity contribution in [2.24, 2.45) is 0 Å². The average molecular weight is 328 g/mol. The lowest BCUT2D eigenvalue weighted by atomic mass is 10.1. The van der Waals surface area contributed by atoms with E-state index in [2.05, 4.69) is 43.8 Å². The molecule has 0 saturated carbocycles. The van der Waals surface area contributed by atoms with E-state index in [-0.39, 0.29) is 11.9 Å². The number of rotatable bonds is 6. The van der Waals surface area contributed by atoms with Crippen LogP contribution in [0.25, 0.3) is 0 Å². The van der Waals surface area contributed by atoms with Crippen LogP contribution in [0.5, 0.6) is 0 Å². The number of amides is 1. The molecule has 2 aromatic heterocycles. The SMILES string of the molecule is CCn1nc(C(C)C)cc1C(=O)N(C)C(C)Cc1cc(C)ccn1. The van der Waals surface area contributed by atoms with E-state index < -0.39 is 0 Å². The van der Waals surface area contributed by atoms with Gasteiger partial charge in [0, 0.05) is 37.9 Å². The van der Waals surface area contributed by atoms with Crippen molar-refractivity contribution in [2.75, 3.05) is 7.05 Å². The summed E-state index contributed by atoms with van der Waals surface area (Å²) in [7, 11) is 1.85. The first-order valence-corrected chi connectivity index (χ1v) is 8.59. The first-order valence-electron chi connectivity index (χ1n) is 8.59. The van der Waals surface area contributed by atoms with Crippen LogP contribution in [0.4, 0.5) is 0 Å². The zero-order valence-electron chi connectivity index (χ0n) is 15.6. The number of carbonyl (C=O) groups excluding carboxylic acids is 1. The molecule has 0 spiro atoms. The molecule has 1 amide bonds. The molecule has 0 fully saturated rings. The van der Waals surface area contributed by atoms with E-state index in [1.165, 1.54) is 5.56 Å². The van der Waals surface area contributed by atoms with Crippen LogP contribution in [0, 0.1) is 6.92 Å². The summed E-state index contributed by atoms with van der Waals surface area (Å²) in [6, 6.07) is 6.04. The average Bonchev–Trinajstić information content (AvgIpc) is 2.98. The lowest BCUT2D eigenvalue weighted by Crippen LogP contribution is -2.37. The lowest BCUT2D eigenvalue weighted by Gasteiger charge is -2.25. The van der Waals surface area contributed by atoms with Gasteiger partial charge in [0.05, 0.1) is 5.69 Å². The van der Waals surface area contributed by atoms with Gasteiger partial charge in [-0.2, -0.15) is 5.10 Å². The number of likely N-dealkylation sites (N-methyl/N-ethyl adjacent to an activating group) is 1. The molecule has 2 heterocycles. The Kier molecular flexibility index (Phi) is 5.75. The van der Waals surface area contributed by atoms with Crippen LogP contribution in [0.15, 0.2) is 24.4 Å². The number of hydrogen-bond donors (Lipinski definition) is 0. The van der Waals surface area contributed by atoms with E-state index in [4.69, 9.17) is 0 Å². The molecule has 1 atom stereocenters. The maximum atomic E-state index is 12.9. The van der Waals surface area contributed by atoms with Crippen molar-refractivity contribution in [2.45, 2.75) is 59.5 Å². The van der Waals surface area contributed by atoms with E-state index in [1.807, 2.05) is 32.3 Å². The molecular formula is C19H28N4O. The molecule has 24 heavy (non-hydrogen) atoms. The maximum Gasteiger partial charge on any atom is 0.272 e. The van der Waals surface area contributed by atoms with Crippen LogP contribution in [0.2, 0.25) is 0 Å². The van der Waals surface area contributed by atoms with Crippen LogP contribution in [-0.2, 0) is 13.0 Å². The Morgan fingerprint density at radius 1 is 1.29 bits per heavy atom. The Morgan fingerprint density at radius 3 is 2.58 bits per heavy atom. The summed E-state index contributed by atoms with van der Waals surface area (Å²) < 4.78 is 1.80. The second-order valence-corrected chi connectivity index (χ2v) is 6.72. The molecule has 0 radical (unpaired) electrons. The minimum atomic E-state index is 0.0106. The van der Waals surface area contributed by atoms with Gasteiger partial charge >= 0.3 is 0 Å². The van der Waals surface area contributed by atoms with Crippen LogP contribution in [0.3, 0.4) is 0 Å². The number of pyridine rings is 1. The smallest absolute Gasteiger partial charge is 0.272 e. The monoisotopic (exact) mass is 328 g/mol. The van der Waals surface area contributed by atoms with Crippen molar-refractivity contribution in [3.63, 3.8) is 0 Å². The van der Waals surface area contributed by atoms with Crippen LogP contribution in [-0.4, -0.2) is 38.7 Å². The Balaban J connectivity index is 2.16. The van der Waals surface area contributed by atoms with Crippen LogP contribution < -0.4 is 0 Å². The first kappa shape index (κ1) is 18.2. The highest BCUT2D eigenvalue weighted by Gasteiger charge is 2.23. The van der Waals surface area contributed by atoms with Crippen molar-refractivity contribution in [1.82, 2.24) is 19.7 Å². The molecule has 0 aromatic carbocycles. The third-order valence-corrected chi connectivity index (χ3v) is 4.37.